The first-order valence-corrected chi connectivity index (χ1v) is 7.64. The van der Waals surface area contributed by atoms with Gasteiger partial charge in [-0.3, -0.25) is 0 Å². The van der Waals surface area contributed by atoms with E-state index in [2.05, 4.69) is 29.2 Å². The first kappa shape index (κ1) is 13.1. The minimum absolute atomic E-state index is 0.358. The molecular formula is C19H17NO2. The van der Waals surface area contributed by atoms with Crippen LogP contribution in [0, 0.1) is 0 Å². The van der Waals surface area contributed by atoms with Crippen LogP contribution >= 0.6 is 0 Å². The minimum atomic E-state index is -0.868. The summed E-state index contributed by atoms with van der Waals surface area (Å²) in [7, 11) is 0. The molecule has 1 aromatic heterocycles. The maximum Gasteiger partial charge on any atom is 0.335 e. The van der Waals surface area contributed by atoms with Crippen LogP contribution in [0.25, 0.3) is 10.9 Å². The number of carboxylic acids is 1. The van der Waals surface area contributed by atoms with Gasteiger partial charge in [0.2, 0.25) is 0 Å². The van der Waals surface area contributed by atoms with E-state index in [9.17, 15) is 9.90 Å². The quantitative estimate of drug-likeness (QED) is 0.745. The molecule has 0 fully saturated rings. The zero-order chi connectivity index (χ0) is 15.1. The van der Waals surface area contributed by atoms with E-state index in [0.29, 0.717) is 11.5 Å². The molecule has 1 aliphatic carbocycles. The van der Waals surface area contributed by atoms with Gasteiger partial charge in [0.15, 0.2) is 0 Å². The molecule has 0 saturated heterocycles. The van der Waals surface area contributed by atoms with Crippen LogP contribution in [0.1, 0.15) is 39.5 Å². The second-order valence-electron chi connectivity index (χ2n) is 6.00. The highest BCUT2D eigenvalue weighted by atomic mass is 16.4. The van der Waals surface area contributed by atoms with Crippen molar-refractivity contribution in [2.75, 3.05) is 0 Å². The lowest BCUT2D eigenvalue weighted by Gasteiger charge is -2.23. The number of aromatic amines is 1. The Morgan fingerprint density at radius 3 is 2.73 bits per heavy atom. The maximum atomic E-state index is 11.2. The largest absolute Gasteiger partial charge is 0.478 e. The molecule has 0 amide bonds. The smallest absolute Gasteiger partial charge is 0.335 e. The second kappa shape index (κ2) is 5.02. The molecule has 2 N–H and O–H groups in total. The van der Waals surface area contributed by atoms with E-state index in [0.717, 1.165) is 30.2 Å². The molecule has 4 rings (SSSR count). The van der Waals surface area contributed by atoms with Gasteiger partial charge in [0.25, 0.3) is 0 Å². The third kappa shape index (κ3) is 2.10. The van der Waals surface area contributed by atoms with Gasteiger partial charge in [-0.15, -0.1) is 0 Å². The van der Waals surface area contributed by atoms with Crippen LogP contribution in [0.2, 0.25) is 0 Å². The maximum absolute atomic E-state index is 11.2. The van der Waals surface area contributed by atoms with Crippen LogP contribution in [0.15, 0.2) is 48.5 Å². The third-order valence-electron chi connectivity index (χ3n) is 4.71. The Balaban J connectivity index is 1.78. The summed E-state index contributed by atoms with van der Waals surface area (Å²) in [6.07, 6.45) is 3.13. The van der Waals surface area contributed by atoms with E-state index in [1.165, 1.54) is 16.8 Å². The molecule has 3 nitrogen and oxygen atoms in total. The monoisotopic (exact) mass is 291 g/mol. The molecule has 0 aliphatic heterocycles. The van der Waals surface area contributed by atoms with Crippen LogP contribution in [-0.2, 0) is 12.8 Å². The third-order valence-corrected chi connectivity index (χ3v) is 4.71. The number of rotatable bonds is 2. The van der Waals surface area contributed by atoms with Crippen molar-refractivity contribution >= 4 is 16.9 Å². The number of aryl methyl sites for hydroxylation is 1. The predicted octanol–water partition coefficient (Wildman–Crippen LogP) is 4.14. The number of benzene rings is 2. The van der Waals surface area contributed by atoms with Crippen LogP contribution in [0.4, 0.5) is 0 Å². The van der Waals surface area contributed by atoms with E-state index >= 15 is 0 Å². The van der Waals surface area contributed by atoms with E-state index in [-0.39, 0.29) is 0 Å². The van der Waals surface area contributed by atoms with Gasteiger partial charge in [0, 0.05) is 16.6 Å². The number of fused-ring (bicyclic) bond motifs is 3. The molecule has 2 aromatic carbocycles. The molecule has 0 saturated carbocycles. The van der Waals surface area contributed by atoms with E-state index in [4.69, 9.17) is 0 Å². The normalized spacial score (nSPS) is 17.4. The summed E-state index contributed by atoms with van der Waals surface area (Å²) < 4.78 is 0. The number of H-pyrrole nitrogens is 1. The zero-order valence-electron chi connectivity index (χ0n) is 12.2. The Bertz CT molecular complexity index is 849. The molecule has 0 bridgehead atoms. The van der Waals surface area contributed by atoms with Gasteiger partial charge in [-0.2, -0.15) is 0 Å². The topological polar surface area (TPSA) is 53.1 Å². The lowest BCUT2D eigenvalue weighted by molar-refractivity contribution is 0.0697. The number of nitrogens with one attached hydrogen (secondary N) is 1. The van der Waals surface area contributed by atoms with Crippen LogP contribution < -0.4 is 0 Å². The SMILES string of the molecule is O=C(O)c1ccc2[nH]c3c(c2c1)CC(c1ccccc1)CC3. The molecule has 3 heteroatoms. The van der Waals surface area contributed by atoms with E-state index < -0.39 is 5.97 Å². The van der Waals surface area contributed by atoms with E-state index in [1.54, 1.807) is 12.1 Å². The lowest BCUT2D eigenvalue weighted by Crippen LogP contribution is -2.12. The van der Waals surface area contributed by atoms with Crippen molar-refractivity contribution in [3.63, 3.8) is 0 Å². The van der Waals surface area contributed by atoms with Crippen molar-refractivity contribution in [2.45, 2.75) is 25.2 Å². The Kier molecular flexibility index (Phi) is 3.00. The highest BCUT2D eigenvalue weighted by molar-refractivity contribution is 5.95. The molecule has 0 radical (unpaired) electrons. The van der Waals surface area contributed by atoms with Gasteiger partial charge in [0.05, 0.1) is 5.56 Å². The number of hydrogen-bond acceptors (Lipinski definition) is 1. The number of hydrogen-bond donors (Lipinski definition) is 2. The fraction of sp³-hybridized carbons (Fsp3) is 0.211. The first-order chi connectivity index (χ1) is 10.7. The second-order valence-corrected chi connectivity index (χ2v) is 6.00. The van der Waals surface area contributed by atoms with Crippen LogP contribution in [0.5, 0.6) is 0 Å². The lowest BCUT2D eigenvalue weighted by atomic mass is 9.82. The summed E-state index contributed by atoms with van der Waals surface area (Å²) in [5, 5.41) is 10.3. The molecular weight excluding hydrogens is 274 g/mol. The van der Waals surface area contributed by atoms with Crippen molar-refractivity contribution < 1.29 is 9.90 Å². The van der Waals surface area contributed by atoms with Gasteiger partial charge in [-0.25, -0.2) is 4.79 Å². The Hall–Kier alpha value is -2.55. The summed E-state index contributed by atoms with van der Waals surface area (Å²) in [5.74, 6) is -0.353. The summed E-state index contributed by atoms with van der Waals surface area (Å²) in [6, 6.07) is 15.9. The van der Waals surface area contributed by atoms with Crippen LogP contribution in [0.3, 0.4) is 0 Å². The summed E-state index contributed by atoms with van der Waals surface area (Å²) in [5.41, 5.74) is 5.33. The van der Waals surface area contributed by atoms with Gasteiger partial charge >= 0.3 is 5.97 Å². The fourth-order valence-electron chi connectivity index (χ4n) is 3.56. The average Bonchev–Trinajstić information content (AvgIpc) is 2.92. The highest BCUT2D eigenvalue weighted by Gasteiger charge is 2.24. The van der Waals surface area contributed by atoms with Crippen molar-refractivity contribution in [2.24, 2.45) is 0 Å². The van der Waals surface area contributed by atoms with Crippen molar-refractivity contribution in [3.8, 4) is 0 Å². The summed E-state index contributed by atoms with van der Waals surface area (Å²) in [4.78, 5) is 14.7. The summed E-state index contributed by atoms with van der Waals surface area (Å²) in [6.45, 7) is 0. The molecule has 22 heavy (non-hydrogen) atoms. The summed E-state index contributed by atoms with van der Waals surface area (Å²) >= 11 is 0. The van der Waals surface area contributed by atoms with Gasteiger partial charge in [0.1, 0.15) is 0 Å². The number of carboxylic acid groups (broad SMARTS) is 1. The number of aromatic nitrogens is 1. The Morgan fingerprint density at radius 1 is 1.14 bits per heavy atom. The molecule has 110 valence electrons. The zero-order valence-corrected chi connectivity index (χ0v) is 12.2. The molecule has 1 aliphatic rings. The first-order valence-electron chi connectivity index (χ1n) is 7.64. The average molecular weight is 291 g/mol. The highest BCUT2D eigenvalue weighted by Crippen LogP contribution is 2.36. The van der Waals surface area contributed by atoms with Crippen LogP contribution in [-0.4, -0.2) is 16.1 Å². The van der Waals surface area contributed by atoms with Gasteiger partial charge in [-0.1, -0.05) is 30.3 Å². The number of carbonyl (C=O) groups is 1. The molecule has 0 spiro atoms. The minimum Gasteiger partial charge on any atom is -0.478 e. The molecule has 1 heterocycles. The number of aromatic carboxylic acids is 1. The standard InChI is InChI=1S/C19H17NO2/c21-19(22)14-7-9-18-16(11-14)15-10-13(6-8-17(15)20-18)12-4-2-1-3-5-12/h1-5,7,9,11,13,20H,6,8,10H2,(H,21,22). The molecule has 1 unspecified atom stereocenters. The van der Waals surface area contributed by atoms with Gasteiger partial charge < -0.3 is 10.1 Å². The molecule has 3 aromatic rings. The van der Waals surface area contributed by atoms with Gasteiger partial charge in [-0.05, 0) is 54.5 Å². The fourth-order valence-corrected chi connectivity index (χ4v) is 3.56. The van der Waals surface area contributed by atoms with Crippen molar-refractivity contribution in [1.82, 2.24) is 4.98 Å². The van der Waals surface area contributed by atoms with Crippen molar-refractivity contribution in [3.05, 3.63) is 70.9 Å². The Labute approximate surface area is 128 Å². The van der Waals surface area contributed by atoms with E-state index in [1.807, 2.05) is 12.1 Å². The van der Waals surface area contributed by atoms with Crippen molar-refractivity contribution in [1.29, 1.82) is 0 Å². The Morgan fingerprint density at radius 2 is 1.95 bits per heavy atom. The predicted molar refractivity (Wildman–Crippen MR) is 86.5 cm³/mol. The molecule has 1 atom stereocenters.